The first-order chi connectivity index (χ1) is 7.02. The molecule has 0 spiro atoms. The Balaban J connectivity index is 3.59. The Morgan fingerprint density at radius 3 is 2.60 bits per heavy atom. The summed E-state index contributed by atoms with van der Waals surface area (Å²) in [6, 6.07) is 1.46. The molecule has 0 saturated carbocycles. The number of methoxy groups -OCH3 is 1. The molecule has 0 radical (unpaired) electrons. The third kappa shape index (κ3) is 1.86. The van der Waals surface area contributed by atoms with E-state index in [-0.39, 0.29) is 11.3 Å². The van der Waals surface area contributed by atoms with Gasteiger partial charge < -0.3 is 14.4 Å². The predicted octanol–water partition coefficient (Wildman–Crippen LogP) is 0.654. The lowest BCUT2D eigenvalue weighted by molar-refractivity contribution is 0.0692. The third-order valence-electron chi connectivity index (χ3n) is 2.28. The van der Waals surface area contributed by atoms with Crippen LogP contribution in [-0.2, 0) is 13.5 Å². The van der Waals surface area contributed by atoms with Crippen LogP contribution in [0, 0.1) is 0 Å². The summed E-state index contributed by atoms with van der Waals surface area (Å²) in [7, 11) is 2.88. The first-order valence-corrected chi connectivity index (χ1v) is 4.53. The summed E-state index contributed by atoms with van der Waals surface area (Å²) in [4.78, 5) is 22.6. The minimum atomic E-state index is -1.15. The highest BCUT2D eigenvalue weighted by Gasteiger charge is 2.17. The summed E-state index contributed by atoms with van der Waals surface area (Å²) in [6.45, 7) is 1.85. The standard InChI is InChI=1S/C10H13NO4/c1-4-6-5-7(10(13)14)8(15-3)9(12)11(6)2/h5H,4H2,1-3H3,(H,13,14). The van der Waals surface area contributed by atoms with Crippen LogP contribution in [-0.4, -0.2) is 22.8 Å². The molecule has 0 amide bonds. The molecule has 0 atom stereocenters. The molecule has 0 unspecified atom stereocenters. The van der Waals surface area contributed by atoms with Gasteiger partial charge >= 0.3 is 5.97 Å². The molecular weight excluding hydrogens is 198 g/mol. The zero-order valence-corrected chi connectivity index (χ0v) is 8.90. The van der Waals surface area contributed by atoms with Crippen LogP contribution < -0.4 is 10.3 Å². The van der Waals surface area contributed by atoms with Gasteiger partial charge in [0.25, 0.3) is 5.56 Å². The number of aromatic nitrogens is 1. The van der Waals surface area contributed by atoms with E-state index in [0.29, 0.717) is 12.1 Å². The Morgan fingerprint density at radius 2 is 2.20 bits per heavy atom. The van der Waals surface area contributed by atoms with Crippen LogP contribution in [0.3, 0.4) is 0 Å². The van der Waals surface area contributed by atoms with Crippen molar-refractivity contribution in [2.24, 2.45) is 7.05 Å². The van der Waals surface area contributed by atoms with Crippen molar-refractivity contribution < 1.29 is 14.6 Å². The number of hydrogen-bond donors (Lipinski definition) is 1. The molecule has 0 fully saturated rings. The highest BCUT2D eigenvalue weighted by Crippen LogP contribution is 2.14. The van der Waals surface area contributed by atoms with Crippen LogP contribution in [0.5, 0.6) is 5.75 Å². The summed E-state index contributed by atoms with van der Waals surface area (Å²) >= 11 is 0. The van der Waals surface area contributed by atoms with E-state index < -0.39 is 11.5 Å². The number of aromatic carboxylic acids is 1. The molecule has 0 aliphatic heterocycles. The number of nitrogens with zero attached hydrogens (tertiary/aromatic N) is 1. The molecule has 0 aromatic carbocycles. The van der Waals surface area contributed by atoms with Gasteiger partial charge in [-0.3, -0.25) is 4.79 Å². The van der Waals surface area contributed by atoms with E-state index in [1.54, 1.807) is 7.05 Å². The summed E-state index contributed by atoms with van der Waals surface area (Å²) in [5.41, 5.74) is 0.157. The number of rotatable bonds is 3. The second kappa shape index (κ2) is 4.16. The van der Waals surface area contributed by atoms with Crippen molar-refractivity contribution in [2.75, 3.05) is 7.11 Å². The number of carboxylic acid groups (broad SMARTS) is 1. The van der Waals surface area contributed by atoms with Crippen LogP contribution >= 0.6 is 0 Å². The maximum atomic E-state index is 11.7. The van der Waals surface area contributed by atoms with Gasteiger partial charge in [-0.05, 0) is 12.5 Å². The van der Waals surface area contributed by atoms with E-state index in [4.69, 9.17) is 9.84 Å². The molecule has 0 aliphatic rings. The highest BCUT2D eigenvalue weighted by atomic mass is 16.5. The van der Waals surface area contributed by atoms with Gasteiger partial charge in [0.2, 0.25) is 0 Å². The fourth-order valence-electron chi connectivity index (χ4n) is 1.42. The molecule has 1 rings (SSSR count). The maximum absolute atomic E-state index is 11.7. The molecule has 82 valence electrons. The van der Waals surface area contributed by atoms with Crippen LogP contribution in [0.4, 0.5) is 0 Å². The molecule has 5 nitrogen and oxygen atoms in total. The van der Waals surface area contributed by atoms with E-state index >= 15 is 0 Å². The van der Waals surface area contributed by atoms with E-state index in [2.05, 4.69) is 0 Å². The highest BCUT2D eigenvalue weighted by molar-refractivity contribution is 5.90. The largest absolute Gasteiger partial charge is 0.490 e. The Bertz CT molecular complexity index is 447. The lowest BCUT2D eigenvalue weighted by atomic mass is 10.1. The van der Waals surface area contributed by atoms with E-state index in [0.717, 1.165) is 0 Å². The van der Waals surface area contributed by atoms with Gasteiger partial charge in [-0.25, -0.2) is 4.79 Å². The summed E-state index contributed by atoms with van der Waals surface area (Å²) < 4.78 is 6.20. The number of hydrogen-bond acceptors (Lipinski definition) is 3. The molecule has 15 heavy (non-hydrogen) atoms. The van der Waals surface area contributed by atoms with Gasteiger partial charge in [0.1, 0.15) is 5.56 Å². The smallest absolute Gasteiger partial charge is 0.339 e. The van der Waals surface area contributed by atoms with Crippen molar-refractivity contribution >= 4 is 5.97 Å². The minimum absolute atomic E-state index is 0.0857. The van der Waals surface area contributed by atoms with Gasteiger partial charge in [-0.2, -0.15) is 0 Å². The van der Waals surface area contributed by atoms with Gasteiger partial charge in [-0.1, -0.05) is 6.92 Å². The third-order valence-corrected chi connectivity index (χ3v) is 2.28. The minimum Gasteiger partial charge on any atom is -0.490 e. The normalized spacial score (nSPS) is 10.1. The summed E-state index contributed by atoms with van der Waals surface area (Å²) in [5.74, 6) is -1.28. The zero-order valence-electron chi connectivity index (χ0n) is 8.90. The van der Waals surface area contributed by atoms with Gasteiger partial charge in [0.05, 0.1) is 7.11 Å². The Kier molecular flexibility index (Phi) is 3.14. The summed E-state index contributed by atoms with van der Waals surface area (Å²) in [5, 5.41) is 8.90. The van der Waals surface area contributed by atoms with Gasteiger partial charge in [0.15, 0.2) is 5.75 Å². The van der Waals surface area contributed by atoms with Crippen molar-refractivity contribution in [1.82, 2.24) is 4.57 Å². The average Bonchev–Trinajstić information content (AvgIpc) is 2.21. The molecule has 0 saturated heterocycles. The first kappa shape index (κ1) is 11.3. The second-order valence-corrected chi connectivity index (χ2v) is 3.11. The average molecular weight is 211 g/mol. The zero-order chi connectivity index (χ0) is 11.6. The molecule has 1 N–H and O–H groups in total. The molecule has 5 heteroatoms. The fourth-order valence-corrected chi connectivity index (χ4v) is 1.42. The molecule has 0 aliphatic carbocycles. The first-order valence-electron chi connectivity index (χ1n) is 4.53. The van der Waals surface area contributed by atoms with E-state index in [9.17, 15) is 9.59 Å². The van der Waals surface area contributed by atoms with Crippen LogP contribution in [0.1, 0.15) is 23.0 Å². The number of carbonyl (C=O) groups is 1. The van der Waals surface area contributed by atoms with Crippen molar-refractivity contribution in [3.05, 3.63) is 27.7 Å². The molecule has 1 heterocycles. The summed E-state index contributed by atoms with van der Waals surface area (Å²) in [6.07, 6.45) is 0.593. The second-order valence-electron chi connectivity index (χ2n) is 3.11. The lowest BCUT2D eigenvalue weighted by Crippen LogP contribution is -2.24. The van der Waals surface area contributed by atoms with E-state index in [1.807, 2.05) is 6.92 Å². The number of aryl methyl sites for hydroxylation is 1. The molecule has 1 aromatic heterocycles. The Morgan fingerprint density at radius 1 is 1.60 bits per heavy atom. The topological polar surface area (TPSA) is 68.5 Å². The maximum Gasteiger partial charge on any atom is 0.339 e. The number of pyridine rings is 1. The van der Waals surface area contributed by atoms with Crippen molar-refractivity contribution in [1.29, 1.82) is 0 Å². The Hall–Kier alpha value is -1.78. The van der Waals surface area contributed by atoms with Crippen molar-refractivity contribution in [3.8, 4) is 5.75 Å². The van der Waals surface area contributed by atoms with Crippen LogP contribution in [0.15, 0.2) is 10.9 Å². The van der Waals surface area contributed by atoms with E-state index in [1.165, 1.54) is 17.7 Å². The predicted molar refractivity (Wildman–Crippen MR) is 54.6 cm³/mol. The molecular formula is C10H13NO4. The number of ether oxygens (including phenoxy) is 1. The van der Waals surface area contributed by atoms with Crippen LogP contribution in [0.2, 0.25) is 0 Å². The van der Waals surface area contributed by atoms with Gasteiger partial charge in [0, 0.05) is 12.7 Å². The monoisotopic (exact) mass is 211 g/mol. The Labute approximate surface area is 86.9 Å². The molecule has 1 aromatic rings. The number of carboxylic acids is 1. The lowest BCUT2D eigenvalue weighted by Gasteiger charge is -2.10. The van der Waals surface area contributed by atoms with Crippen molar-refractivity contribution in [2.45, 2.75) is 13.3 Å². The van der Waals surface area contributed by atoms with Gasteiger partial charge in [-0.15, -0.1) is 0 Å². The quantitative estimate of drug-likeness (QED) is 0.797. The SMILES string of the molecule is CCc1cc(C(=O)O)c(OC)c(=O)n1C. The molecule has 0 bridgehead atoms. The van der Waals surface area contributed by atoms with Crippen molar-refractivity contribution in [3.63, 3.8) is 0 Å². The van der Waals surface area contributed by atoms with Crippen LogP contribution in [0.25, 0.3) is 0 Å². The fraction of sp³-hybridized carbons (Fsp3) is 0.400.